The molecular weight excluding hydrogens is 206 g/mol. The Kier molecular flexibility index (Phi) is 2.48. The standard InChI is InChI=1S/C12H11NO3/c1-8-9(2)16-13(11(8)14)12(15)10-6-4-3-5-7-10/h3-7H,1-2H3. The molecular formula is C12H11NO3. The van der Waals surface area contributed by atoms with E-state index in [1.165, 1.54) is 0 Å². The molecule has 0 amide bonds. The Morgan fingerprint density at radius 3 is 2.31 bits per heavy atom. The van der Waals surface area contributed by atoms with Gasteiger partial charge in [0.25, 0.3) is 11.5 Å². The van der Waals surface area contributed by atoms with E-state index in [1.807, 2.05) is 0 Å². The van der Waals surface area contributed by atoms with E-state index in [0.29, 0.717) is 16.9 Å². The smallest absolute Gasteiger partial charge is 0.294 e. The van der Waals surface area contributed by atoms with Crippen LogP contribution in [0.4, 0.5) is 0 Å². The van der Waals surface area contributed by atoms with E-state index in [2.05, 4.69) is 0 Å². The molecule has 2 aromatic rings. The van der Waals surface area contributed by atoms with Gasteiger partial charge in [0.05, 0.1) is 5.56 Å². The quantitative estimate of drug-likeness (QED) is 0.731. The number of aromatic nitrogens is 1. The Balaban J connectivity index is 2.51. The average Bonchev–Trinajstić information content (AvgIpc) is 2.57. The summed E-state index contributed by atoms with van der Waals surface area (Å²) in [6, 6.07) is 8.56. The topological polar surface area (TPSA) is 52.2 Å². The molecule has 0 aliphatic rings. The maximum atomic E-state index is 11.9. The molecule has 0 aliphatic heterocycles. The Bertz CT molecular complexity index is 578. The predicted molar refractivity (Wildman–Crippen MR) is 58.6 cm³/mol. The molecule has 0 unspecified atom stereocenters. The maximum absolute atomic E-state index is 11.9. The zero-order valence-corrected chi connectivity index (χ0v) is 9.06. The minimum absolute atomic E-state index is 0.397. The lowest BCUT2D eigenvalue weighted by Crippen LogP contribution is -2.23. The van der Waals surface area contributed by atoms with Crippen LogP contribution in [0, 0.1) is 13.8 Å². The van der Waals surface area contributed by atoms with Crippen molar-refractivity contribution in [3.05, 3.63) is 57.6 Å². The third-order valence-electron chi connectivity index (χ3n) is 2.47. The number of benzene rings is 1. The van der Waals surface area contributed by atoms with E-state index in [-0.39, 0.29) is 0 Å². The fourth-order valence-corrected chi connectivity index (χ4v) is 1.38. The summed E-state index contributed by atoms with van der Waals surface area (Å²) in [4.78, 5) is 23.6. The van der Waals surface area contributed by atoms with Crippen molar-refractivity contribution in [3.63, 3.8) is 0 Å². The van der Waals surface area contributed by atoms with E-state index >= 15 is 0 Å². The van der Waals surface area contributed by atoms with Gasteiger partial charge in [-0.3, -0.25) is 9.59 Å². The zero-order chi connectivity index (χ0) is 11.7. The molecule has 1 aromatic heterocycles. The number of aryl methyl sites for hydroxylation is 1. The first-order chi connectivity index (χ1) is 7.61. The molecule has 1 aromatic carbocycles. The van der Waals surface area contributed by atoms with Gasteiger partial charge in [-0.2, -0.15) is 0 Å². The fraction of sp³-hybridized carbons (Fsp3) is 0.167. The van der Waals surface area contributed by atoms with Crippen LogP contribution in [0.2, 0.25) is 0 Å². The van der Waals surface area contributed by atoms with Gasteiger partial charge < -0.3 is 4.52 Å². The molecule has 0 spiro atoms. The van der Waals surface area contributed by atoms with Gasteiger partial charge in [-0.15, -0.1) is 0 Å². The molecule has 2 rings (SSSR count). The number of rotatable bonds is 1. The van der Waals surface area contributed by atoms with E-state index in [0.717, 1.165) is 4.74 Å². The summed E-state index contributed by atoms with van der Waals surface area (Å²) >= 11 is 0. The zero-order valence-electron chi connectivity index (χ0n) is 9.06. The number of carbonyl (C=O) groups excluding carboxylic acids is 1. The molecule has 0 N–H and O–H groups in total. The average molecular weight is 217 g/mol. The van der Waals surface area contributed by atoms with Crippen LogP contribution in [0.15, 0.2) is 39.6 Å². The van der Waals surface area contributed by atoms with Crippen molar-refractivity contribution in [2.45, 2.75) is 13.8 Å². The van der Waals surface area contributed by atoms with Crippen LogP contribution in [0.25, 0.3) is 0 Å². The Labute approximate surface area is 92.1 Å². The highest BCUT2D eigenvalue weighted by Crippen LogP contribution is 2.05. The van der Waals surface area contributed by atoms with Gasteiger partial charge in [0.15, 0.2) is 0 Å². The summed E-state index contributed by atoms with van der Waals surface area (Å²) in [5, 5.41) is 0. The van der Waals surface area contributed by atoms with Crippen molar-refractivity contribution < 1.29 is 9.32 Å². The third-order valence-corrected chi connectivity index (χ3v) is 2.47. The first-order valence-corrected chi connectivity index (χ1v) is 4.90. The van der Waals surface area contributed by atoms with Gasteiger partial charge in [-0.05, 0) is 26.0 Å². The van der Waals surface area contributed by atoms with E-state index in [9.17, 15) is 9.59 Å². The summed E-state index contributed by atoms with van der Waals surface area (Å²) in [6.07, 6.45) is 0. The molecule has 82 valence electrons. The number of hydrogen-bond acceptors (Lipinski definition) is 3. The SMILES string of the molecule is Cc1on(C(=O)c2ccccc2)c(=O)c1C. The van der Waals surface area contributed by atoms with Crippen LogP contribution >= 0.6 is 0 Å². The second-order valence-corrected chi connectivity index (χ2v) is 3.54. The highest BCUT2D eigenvalue weighted by Gasteiger charge is 2.16. The van der Waals surface area contributed by atoms with E-state index in [1.54, 1.807) is 44.2 Å². The molecule has 0 saturated heterocycles. The molecule has 0 bridgehead atoms. The summed E-state index contributed by atoms with van der Waals surface area (Å²) in [7, 11) is 0. The van der Waals surface area contributed by atoms with E-state index in [4.69, 9.17) is 4.52 Å². The normalized spacial score (nSPS) is 10.4. The third kappa shape index (κ3) is 1.58. The lowest BCUT2D eigenvalue weighted by molar-refractivity contribution is 0.0834. The lowest BCUT2D eigenvalue weighted by atomic mass is 10.2. The first kappa shape index (κ1) is 10.4. The molecule has 4 heteroatoms. The van der Waals surface area contributed by atoms with Gasteiger partial charge in [0.1, 0.15) is 5.76 Å². The van der Waals surface area contributed by atoms with E-state index < -0.39 is 11.5 Å². The molecule has 0 fully saturated rings. The van der Waals surface area contributed by atoms with Crippen LogP contribution in [-0.4, -0.2) is 10.6 Å². The molecule has 0 radical (unpaired) electrons. The van der Waals surface area contributed by atoms with Crippen molar-refractivity contribution in [2.75, 3.05) is 0 Å². The van der Waals surface area contributed by atoms with Crippen LogP contribution in [0.3, 0.4) is 0 Å². The van der Waals surface area contributed by atoms with Crippen LogP contribution in [0.1, 0.15) is 21.7 Å². The largest absolute Gasteiger partial charge is 0.373 e. The molecule has 16 heavy (non-hydrogen) atoms. The summed E-state index contributed by atoms with van der Waals surface area (Å²) in [6.45, 7) is 3.29. The molecule has 0 saturated carbocycles. The van der Waals surface area contributed by atoms with Crippen molar-refractivity contribution in [1.29, 1.82) is 0 Å². The first-order valence-electron chi connectivity index (χ1n) is 4.90. The van der Waals surface area contributed by atoms with Crippen LogP contribution in [-0.2, 0) is 0 Å². The molecule has 0 atom stereocenters. The van der Waals surface area contributed by atoms with Crippen molar-refractivity contribution in [3.8, 4) is 0 Å². The Morgan fingerprint density at radius 2 is 1.81 bits per heavy atom. The highest BCUT2D eigenvalue weighted by atomic mass is 16.5. The minimum atomic E-state index is -0.443. The van der Waals surface area contributed by atoms with Crippen molar-refractivity contribution >= 4 is 5.91 Å². The van der Waals surface area contributed by atoms with Crippen molar-refractivity contribution in [2.24, 2.45) is 0 Å². The summed E-state index contributed by atoms with van der Waals surface area (Å²) in [5.41, 5.74) is 0.494. The van der Waals surface area contributed by atoms with Gasteiger partial charge >= 0.3 is 0 Å². The van der Waals surface area contributed by atoms with Gasteiger partial charge in [-0.25, -0.2) is 0 Å². The van der Waals surface area contributed by atoms with Gasteiger partial charge in [0.2, 0.25) is 0 Å². The van der Waals surface area contributed by atoms with Crippen molar-refractivity contribution in [1.82, 2.24) is 4.74 Å². The van der Waals surface area contributed by atoms with Crippen LogP contribution < -0.4 is 5.56 Å². The summed E-state index contributed by atoms with van der Waals surface area (Å²) < 4.78 is 5.91. The molecule has 0 aliphatic carbocycles. The molecule has 1 heterocycles. The summed E-state index contributed by atoms with van der Waals surface area (Å²) in [5.74, 6) is 0.0241. The minimum Gasteiger partial charge on any atom is -0.373 e. The monoisotopic (exact) mass is 217 g/mol. The number of hydrogen-bond donors (Lipinski definition) is 0. The fourth-order valence-electron chi connectivity index (χ4n) is 1.38. The number of nitrogens with zero attached hydrogens (tertiary/aromatic N) is 1. The van der Waals surface area contributed by atoms with Crippen LogP contribution in [0.5, 0.6) is 0 Å². The van der Waals surface area contributed by atoms with Gasteiger partial charge in [0, 0.05) is 5.56 Å². The Morgan fingerprint density at radius 1 is 1.19 bits per heavy atom. The second-order valence-electron chi connectivity index (χ2n) is 3.54. The second kappa shape index (κ2) is 3.81. The lowest BCUT2D eigenvalue weighted by Gasteiger charge is -1.97. The maximum Gasteiger partial charge on any atom is 0.294 e. The van der Waals surface area contributed by atoms with Gasteiger partial charge in [-0.1, -0.05) is 22.9 Å². The number of carbonyl (C=O) groups is 1. The predicted octanol–water partition coefficient (Wildman–Crippen LogP) is 1.75. The Hall–Kier alpha value is -2.10. The highest BCUT2D eigenvalue weighted by molar-refractivity contribution is 5.94. The molecule has 4 nitrogen and oxygen atoms in total.